The topological polar surface area (TPSA) is 34.2 Å². The maximum absolute atomic E-state index is 13.0. The largest absolute Gasteiger partial charge is 0.456 e. The van der Waals surface area contributed by atoms with E-state index in [2.05, 4.69) is 26.2 Å². The van der Waals surface area contributed by atoms with Gasteiger partial charge in [-0.1, -0.05) is 0 Å². The van der Waals surface area contributed by atoms with Crippen LogP contribution in [0.5, 0.6) is 11.5 Å². The molecular formula is C14H14BrFN2O. The number of aryl methyl sites for hydroxylation is 1. The maximum Gasteiger partial charge on any atom is 0.141 e. The zero-order valence-corrected chi connectivity index (χ0v) is 12.3. The van der Waals surface area contributed by atoms with Gasteiger partial charge in [0, 0.05) is 30.1 Å². The van der Waals surface area contributed by atoms with Crippen LogP contribution in [0.2, 0.25) is 0 Å². The van der Waals surface area contributed by atoms with Crippen LogP contribution in [0, 0.1) is 12.7 Å². The van der Waals surface area contributed by atoms with Gasteiger partial charge in [-0.3, -0.25) is 4.98 Å². The second-order valence-electron chi connectivity index (χ2n) is 4.14. The first kappa shape index (κ1) is 14.0. The number of pyridine rings is 1. The molecule has 2 rings (SSSR count). The van der Waals surface area contributed by atoms with Gasteiger partial charge in [-0.2, -0.15) is 0 Å². The highest BCUT2D eigenvalue weighted by Gasteiger charge is 2.09. The van der Waals surface area contributed by atoms with E-state index in [4.69, 9.17) is 4.74 Å². The van der Waals surface area contributed by atoms with Crippen LogP contribution in [0.15, 0.2) is 34.9 Å². The Kier molecular flexibility index (Phi) is 4.50. The van der Waals surface area contributed by atoms with E-state index in [0.29, 0.717) is 22.5 Å². The summed E-state index contributed by atoms with van der Waals surface area (Å²) in [4.78, 5) is 4.24. The third kappa shape index (κ3) is 3.52. The summed E-state index contributed by atoms with van der Waals surface area (Å²) in [5.41, 5.74) is 1.82. The van der Waals surface area contributed by atoms with Crippen molar-refractivity contribution in [1.29, 1.82) is 0 Å². The lowest BCUT2D eigenvalue weighted by Crippen LogP contribution is -2.07. The number of rotatable bonds is 4. The highest BCUT2D eigenvalue weighted by Crippen LogP contribution is 2.32. The molecule has 0 radical (unpaired) electrons. The molecule has 0 spiro atoms. The SMILES string of the molecule is CNCc1cnc(C)cc1Oc1ccc(F)cc1Br. The molecule has 19 heavy (non-hydrogen) atoms. The van der Waals surface area contributed by atoms with E-state index in [0.717, 1.165) is 11.3 Å². The van der Waals surface area contributed by atoms with Crippen LogP contribution in [-0.4, -0.2) is 12.0 Å². The summed E-state index contributed by atoms with van der Waals surface area (Å²) in [5.74, 6) is 0.985. The highest BCUT2D eigenvalue weighted by atomic mass is 79.9. The summed E-state index contributed by atoms with van der Waals surface area (Å²) in [6.07, 6.45) is 1.78. The van der Waals surface area contributed by atoms with Gasteiger partial charge in [-0.25, -0.2) is 4.39 Å². The minimum absolute atomic E-state index is 0.305. The smallest absolute Gasteiger partial charge is 0.141 e. The molecule has 0 aliphatic heterocycles. The molecular weight excluding hydrogens is 311 g/mol. The first-order valence-corrected chi connectivity index (χ1v) is 6.62. The number of halogens is 2. The zero-order chi connectivity index (χ0) is 13.8. The first-order valence-electron chi connectivity index (χ1n) is 5.83. The van der Waals surface area contributed by atoms with Gasteiger partial charge in [-0.05, 0) is 48.1 Å². The van der Waals surface area contributed by atoms with Crippen molar-refractivity contribution >= 4 is 15.9 Å². The molecule has 100 valence electrons. The summed E-state index contributed by atoms with van der Waals surface area (Å²) in [5, 5.41) is 3.06. The monoisotopic (exact) mass is 324 g/mol. The molecule has 0 atom stereocenters. The van der Waals surface area contributed by atoms with Crippen molar-refractivity contribution in [2.24, 2.45) is 0 Å². The lowest BCUT2D eigenvalue weighted by atomic mass is 10.2. The molecule has 1 aromatic heterocycles. The number of hydrogen-bond acceptors (Lipinski definition) is 3. The molecule has 3 nitrogen and oxygen atoms in total. The molecule has 1 N–H and O–H groups in total. The molecule has 0 unspecified atom stereocenters. The third-order valence-electron chi connectivity index (χ3n) is 2.56. The normalized spacial score (nSPS) is 10.5. The van der Waals surface area contributed by atoms with Crippen molar-refractivity contribution in [1.82, 2.24) is 10.3 Å². The van der Waals surface area contributed by atoms with Crippen molar-refractivity contribution < 1.29 is 9.13 Å². The second kappa shape index (κ2) is 6.12. The summed E-state index contributed by atoms with van der Waals surface area (Å²) < 4.78 is 19.5. The van der Waals surface area contributed by atoms with Crippen LogP contribution >= 0.6 is 15.9 Å². The molecule has 0 saturated carbocycles. The van der Waals surface area contributed by atoms with Crippen molar-refractivity contribution in [3.05, 3.63) is 52.0 Å². The first-order chi connectivity index (χ1) is 9.10. The Hall–Kier alpha value is -1.46. The average Bonchev–Trinajstić information content (AvgIpc) is 2.36. The van der Waals surface area contributed by atoms with Crippen LogP contribution in [0.25, 0.3) is 0 Å². The fraction of sp³-hybridized carbons (Fsp3) is 0.214. The van der Waals surface area contributed by atoms with Crippen molar-refractivity contribution in [3.8, 4) is 11.5 Å². The van der Waals surface area contributed by atoms with Gasteiger partial charge in [0.1, 0.15) is 17.3 Å². The molecule has 1 heterocycles. The number of benzene rings is 1. The van der Waals surface area contributed by atoms with Gasteiger partial charge in [0.2, 0.25) is 0 Å². The fourth-order valence-corrected chi connectivity index (χ4v) is 2.09. The van der Waals surface area contributed by atoms with E-state index in [-0.39, 0.29) is 5.82 Å². The summed E-state index contributed by atoms with van der Waals surface area (Å²) in [6.45, 7) is 2.55. The number of nitrogens with one attached hydrogen (secondary N) is 1. The van der Waals surface area contributed by atoms with Crippen molar-refractivity contribution in [3.63, 3.8) is 0 Å². The molecule has 0 aliphatic rings. The Bertz CT molecular complexity index is 590. The Morgan fingerprint density at radius 2 is 2.11 bits per heavy atom. The van der Waals surface area contributed by atoms with Crippen molar-refractivity contribution in [2.45, 2.75) is 13.5 Å². The van der Waals surface area contributed by atoms with Gasteiger partial charge in [0.05, 0.1) is 4.47 Å². The van der Waals surface area contributed by atoms with Crippen LogP contribution in [-0.2, 0) is 6.54 Å². The molecule has 0 fully saturated rings. The second-order valence-corrected chi connectivity index (χ2v) is 4.99. The Morgan fingerprint density at radius 1 is 1.32 bits per heavy atom. The van der Waals surface area contributed by atoms with Crippen LogP contribution in [0.1, 0.15) is 11.3 Å². The minimum Gasteiger partial charge on any atom is -0.456 e. The Morgan fingerprint density at radius 3 is 2.79 bits per heavy atom. The van der Waals surface area contributed by atoms with Gasteiger partial charge in [-0.15, -0.1) is 0 Å². The number of nitrogens with zero attached hydrogens (tertiary/aromatic N) is 1. The Balaban J connectivity index is 2.33. The van der Waals surface area contributed by atoms with Gasteiger partial charge in [0.25, 0.3) is 0 Å². The predicted molar refractivity (Wildman–Crippen MR) is 75.9 cm³/mol. The van der Waals surface area contributed by atoms with Crippen LogP contribution in [0.3, 0.4) is 0 Å². The van der Waals surface area contributed by atoms with E-state index in [1.165, 1.54) is 12.1 Å². The molecule has 0 aliphatic carbocycles. The van der Waals surface area contributed by atoms with E-state index >= 15 is 0 Å². The van der Waals surface area contributed by atoms with Crippen LogP contribution in [0.4, 0.5) is 4.39 Å². The van der Waals surface area contributed by atoms with E-state index in [1.54, 1.807) is 12.3 Å². The quantitative estimate of drug-likeness (QED) is 0.928. The van der Waals surface area contributed by atoms with Crippen molar-refractivity contribution in [2.75, 3.05) is 7.05 Å². The lowest BCUT2D eigenvalue weighted by Gasteiger charge is -2.12. The average molecular weight is 325 g/mol. The summed E-state index contributed by atoms with van der Waals surface area (Å²) >= 11 is 3.29. The van der Waals surface area contributed by atoms with E-state index in [9.17, 15) is 4.39 Å². The van der Waals surface area contributed by atoms with Gasteiger partial charge < -0.3 is 10.1 Å². The molecule has 0 amide bonds. The van der Waals surface area contributed by atoms with Gasteiger partial charge in [0.15, 0.2) is 0 Å². The van der Waals surface area contributed by atoms with E-state index in [1.807, 2.05) is 20.0 Å². The lowest BCUT2D eigenvalue weighted by molar-refractivity contribution is 0.467. The highest BCUT2D eigenvalue weighted by molar-refractivity contribution is 9.10. The molecule has 5 heteroatoms. The molecule has 1 aromatic carbocycles. The zero-order valence-electron chi connectivity index (χ0n) is 10.7. The molecule has 0 bridgehead atoms. The van der Waals surface area contributed by atoms with Crippen LogP contribution < -0.4 is 10.1 Å². The van der Waals surface area contributed by atoms with E-state index < -0.39 is 0 Å². The standard InChI is InChI=1S/C14H14BrFN2O/c1-9-5-14(10(7-17-2)8-18-9)19-13-4-3-11(16)6-12(13)15/h3-6,8,17H,7H2,1-2H3. The maximum atomic E-state index is 13.0. The summed E-state index contributed by atoms with van der Waals surface area (Å²) in [7, 11) is 1.86. The third-order valence-corrected chi connectivity index (χ3v) is 3.18. The minimum atomic E-state index is -0.305. The number of ether oxygens (including phenoxy) is 1. The number of aromatic nitrogens is 1. The fourth-order valence-electron chi connectivity index (χ4n) is 1.66. The van der Waals surface area contributed by atoms with Gasteiger partial charge >= 0.3 is 0 Å². The molecule has 0 saturated heterocycles. The Labute approximate surface area is 119 Å². The molecule has 2 aromatic rings. The predicted octanol–water partition coefficient (Wildman–Crippen LogP) is 3.80. The number of hydrogen-bond donors (Lipinski definition) is 1. The summed E-state index contributed by atoms with van der Waals surface area (Å²) in [6, 6.07) is 6.20.